The maximum absolute atomic E-state index is 10.9. The second kappa shape index (κ2) is 7.82. The summed E-state index contributed by atoms with van der Waals surface area (Å²) in [5.74, 6) is -0.211. The van der Waals surface area contributed by atoms with Gasteiger partial charge in [0, 0.05) is 0 Å². The van der Waals surface area contributed by atoms with Crippen LogP contribution in [0.25, 0.3) is 0 Å². The van der Waals surface area contributed by atoms with Gasteiger partial charge >= 0.3 is 5.97 Å². The van der Waals surface area contributed by atoms with Crippen molar-refractivity contribution in [1.82, 2.24) is 0 Å². The van der Waals surface area contributed by atoms with E-state index in [9.17, 15) is 4.79 Å². The molecule has 3 aliphatic heterocycles. The molecule has 5 atom stereocenters. The molecule has 0 spiro atoms. The van der Waals surface area contributed by atoms with Gasteiger partial charge in [0.2, 0.25) is 0 Å². The molecule has 3 rings (SSSR count). The first-order valence-corrected chi connectivity index (χ1v) is 7.23. The second-order valence-corrected chi connectivity index (χ2v) is 4.92. The Bertz CT molecular complexity index is 279. The van der Waals surface area contributed by atoms with Gasteiger partial charge in [-0.2, -0.15) is 0 Å². The highest BCUT2D eigenvalue weighted by molar-refractivity contribution is 5.73. The molecule has 5 unspecified atom stereocenters. The normalized spacial score (nSPS) is 38.4. The number of fused-ring (bicyclic) bond motifs is 3. The van der Waals surface area contributed by atoms with Crippen LogP contribution in [0.15, 0.2) is 0 Å². The highest BCUT2D eigenvalue weighted by Gasteiger charge is 2.56. The first-order chi connectivity index (χ1) is 9.07. The minimum Gasteiger partial charge on any atom is -0.456 e. The van der Waals surface area contributed by atoms with E-state index in [-0.39, 0.29) is 36.9 Å². The Morgan fingerprint density at radius 3 is 2.16 bits per heavy atom. The van der Waals surface area contributed by atoms with Crippen LogP contribution in [0.3, 0.4) is 0 Å². The van der Waals surface area contributed by atoms with E-state index in [1.807, 2.05) is 0 Å². The summed E-state index contributed by atoms with van der Waals surface area (Å²) in [6, 6.07) is 0. The van der Waals surface area contributed by atoms with E-state index >= 15 is 0 Å². The van der Waals surface area contributed by atoms with Crippen LogP contribution in [0.1, 0.15) is 53.9 Å². The summed E-state index contributed by atoms with van der Waals surface area (Å²) in [5, 5.41) is 0. The molecule has 0 aromatic rings. The largest absolute Gasteiger partial charge is 0.456 e. The first-order valence-electron chi connectivity index (χ1n) is 7.23. The van der Waals surface area contributed by atoms with Crippen molar-refractivity contribution in [3.05, 3.63) is 0 Å². The van der Waals surface area contributed by atoms with Gasteiger partial charge in [-0.05, 0) is 6.92 Å². The van der Waals surface area contributed by atoms with Crippen molar-refractivity contribution < 1.29 is 23.7 Å². The van der Waals surface area contributed by atoms with Crippen LogP contribution in [0, 0.1) is 0 Å². The van der Waals surface area contributed by atoms with Gasteiger partial charge in [-0.15, -0.1) is 0 Å². The Balaban J connectivity index is 0.000000261. The lowest BCUT2D eigenvalue weighted by Gasteiger charge is -2.12. The molecule has 112 valence electrons. The summed E-state index contributed by atoms with van der Waals surface area (Å²) in [6.07, 6.45) is 1.54. The zero-order chi connectivity index (χ0) is 14.4. The van der Waals surface area contributed by atoms with Crippen LogP contribution >= 0.6 is 0 Å². The Labute approximate surface area is 115 Å². The van der Waals surface area contributed by atoms with Crippen LogP contribution in [0.4, 0.5) is 0 Å². The first kappa shape index (κ1) is 16.4. The molecule has 5 nitrogen and oxygen atoms in total. The SMILES string of the molecule is CC1OC2OC3CC(=O)OC3C2O1.CCC.CCC. The van der Waals surface area contributed by atoms with Gasteiger partial charge < -0.3 is 18.9 Å². The number of ether oxygens (including phenoxy) is 4. The van der Waals surface area contributed by atoms with Crippen LogP contribution in [0.5, 0.6) is 0 Å². The summed E-state index contributed by atoms with van der Waals surface area (Å²) in [6.45, 7) is 10.3. The molecule has 0 saturated carbocycles. The summed E-state index contributed by atoms with van der Waals surface area (Å²) in [5.41, 5.74) is 0. The van der Waals surface area contributed by atoms with Crippen molar-refractivity contribution in [2.24, 2.45) is 0 Å². The fourth-order valence-corrected chi connectivity index (χ4v) is 2.06. The number of hydrogen-bond acceptors (Lipinski definition) is 5. The summed E-state index contributed by atoms with van der Waals surface area (Å²) >= 11 is 0. The predicted octanol–water partition coefficient (Wildman–Crippen LogP) is 2.62. The molecular weight excluding hydrogens is 248 g/mol. The Hall–Kier alpha value is -0.650. The predicted molar refractivity (Wildman–Crippen MR) is 70.5 cm³/mol. The van der Waals surface area contributed by atoms with Gasteiger partial charge in [0.15, 0.2) is 24.8 Å². The van der Waals surface area contributed by atoms with E-state index in [0.29, 0.717) is 6.42 Å². The molecule has 5 heteroatoms. The number of carbonyl (C=O) groups excluding carboxylic acids is 1. The van der Waals surface area contributed by atoms with Crippen molar-refractivity contribution in [1.29, 1.82) is 0 Å². The van der Waals surface area contributed by atoms with E-state index < -0.39 is 0 Å². The minimum absolute atomic E-state index is 0.171. The summed E-state index contributed by atoms with van der Waals surface area (Å²) < 4.78 is 21.3. The lowest BCUT2D eigenvalue weighted by molar-refractivity contribution is -0.153. The van der Waals surface area contributed by atoms with Crippen LogP contribution < -0.4 is 0 Å². The van der Waals surface area contributed by atoms with Crippen molar-refractivity contribution in [3.8, 4) is 0 Å². The standard InChI is InChI=1S/C8H10O5.2C3H8/c1-3-10-7-6-4(2-5(9)13-6)12-8(7)11-3;2*1-3-2/h3-4,6-8H,2H2,1H3;2*3H2,1-2H3. The third-order valence-electron chi connectivity index (χ3n) is 2.58. The maximum Gasteiger partial charge on any atom is 0.309 e. The van der Waals surface area contributed by atoms with Gasteiger partial charge in [-0.1, -0.05) is 40.5 Å². The van der Waals surface area contributed by atoms with Crippen LogP contribution in [0.2, 0.25) is 0 Å². The topological polar surface area (TPSA) is 54.0 Å². The highest BCUT2D eigenvalue weighted by Crippen LogP contribution is 2.38. The van der Waals surface area contributed by atoms with E-state index in [1.54, 1.807) is 6.92 Å². The molecule has 3 aliphatic rings. The zero-order valence-corrected chi connectivity index (χ0v) is 12.5. The molecule has 19 heavy (non-hydrogen) atoms. The van der Waals surface area contributed by atoms with E-state index in [1.165, 1.54) is 12.8 Å². The third-order valence-corrected chi connectivity index (χ3v) is 2.58. The van der Waals surface area contributed by atoms with Crippen LogP contribution in [-0.4, -0.2) is 36.9 Å². The van der Waals surface area contributed by atoms with Crippen molar-refractivity contribution >= 4 is 5.97 Å². The molecule has 0 amide bonds. The lowest BCUT2D eigenvalue weighted by Crippen LogP contribution is -2.30. The van der Waals surface area contributed by atoms with Gasteiger partial charge in [-0.3, -0.25) is 4.79 Å². The Kier molecular flexibility index (Phi) is 6.75. The highest BCUT2D eigenvalue weighted by atomic mass is 16.8. The van der Waals surface area contributed by atoms with Crippen molar-refractivity contribution in [3.63, 3.8) is 0 Å². The van der Waals surface area contributed by atoms with Gasteiger partial charge in [0.1, 0.15) is 6.10 Å². The molecule has 0 aromatic heterocycles. The van der Waals surface area contributed by atoms with Gasteiger partial charge in [0.25, 0.3) is 0 Å². The fraction of sp³-hybridized carbons (Fsp3) is 0.929. The van der Waals surface area contributed by atoms with E-state index in [0.717, 1.165) is 0 Å². The molecule has 0 aromatic carbocycles. The van der Waals surface area contributed by atoms with E-state index in [4.69, 9.17) is 18.9 Å². The number of hydrogen-bond donors (Lipinski definition) is 0. The van der Waals surface area contributed by atoms with Crippen molar-refractivity contribution in [2.45, 2.75) is 84.8 Å². The van der Waals surface area contributed by atoms with Gasteiger partial charge in [0.05, 0.1) is 6.42 Å². The molecule has 0 radical (unpaired) electrons. The molecule has 3 fully saturated rings. The molecule has 0 aliphatic carbocycles. The van der Waals surface area contributed by atoms with Crippen molar-refractivity contribution in [2.75, 3.05) is 0 Å². The number of carbonyl (C=O) groups is 1. The Morgan fingerprint density at radius 2 is 1.58 bits per heavy atom. The monoisotopic (exact) mass is 274 g/mol. The fourth-order valence-electron chi connectivity index (χ4n) is 2.06. The molecule has 3 heterocycles. The molecule has 0 bridgehead atoms. The molecular formula is C14H26O5. The smallest absolute Gasteiger partial charge is 0.309 e. The van der Waals surface area contributed by atoms with Crippen LogP contribution in [-0.2, 0) is 23.7 Å². The quantitative estimate of drug-likeness (QED) is 0.636. The second-order valence-electron chi connectivity index (χ2n) is 4.92. The summed E-state index contributed by atoms with van der Waals surface area (Å²) in [7, 11) is 0. The third kappa shape index (κ3) is 4.16. The summed E-state index contributed by atoms with van der Waals surface area (Å²) in [4.78, 5) is 10.9. The average Bonchev–Trinajstić information content (AvgIpc) is 2.91. The van der Waals surface area contributed by atoms with Gasteiger partial charge in [-0.25, -0.2) is 0 Å². The van der Waals surface area contributed by atoms with E-state index in [2.05, 4.69) is 27.7 Å². The Morgan fingerprint density at radius 1 is 1.00 bits per heavy atom. The lowest BCUT2D eigenvalue weighted by atomic mass is 10.1. The number of esters is 1. The zero-order valence-electron chi connectivity index (χ0n) is 12.5. The molecule has 0 N–H and O–H groups in total. The molecule has 3 saturated heterocycles. The number of rotatable bonds is 0. The average molecular weight is 274 g/mol. The minimum atomic E-state index is -0.349. The maximum atomic E-state index is 10.9.